The Morgan fingerprint density at radius 3 is 3.00 bits per heavy atom. The van der Waals surface area contributed by atoms with Crippen molar-refractivity contribution in [3.63, 3.8) is 0 Å². The van der Waals surface area contributed by atoms with Crippen molar-refractivity contribution in [3.8, 4) is 0 Å². The standard InChI is InChI=1S/C9H19NO/c1-4-9(3)7-10-8(2)5-6-11-9/h8,10H,4-7H2,1-3H3. The van der Waals surface area contributed by atoms with E-state index in [1.165, 1.54) is 0 Å². The third-order valence-electron chi connectivity index (χ3n) is 2.57. The van der Waals surface area contributed by atoms with E-state index in [1.807, 2.05) is 0 Å². The van der Waals surface area contributed by atoms with Crippen molar-refractivity contribution in [1.29, 1.82) is 0 Å². The van der Waals surface area contributed by atoms with Crippen LogP contribution in [0.3, 0.4) is 0 Å². The molecule has 0 spiro atoms. The molecule has 0 aliphatic carbocycles. The van der Waals surface area contributed by atoms with Gasteiger partial charge in [-0.25, -0.2) is 0 Å². The van der Waals surface area contributed by atoms with E-state index in [0.29, 0.717) is 6.04 Å². The van der Waals surface area contributed by atoms with Crippen LogP contribution in [0.1, 0.15) is 33.6 Å². The average molecular weight is 157 g/mol. The summed E-state index contributed by atoms with van der Waals surface area (Å²) in [6, 6.07) is 0.614. The van der Waals surface area contributed by atoms with Gasteiger partial charge in [-0.05, 0) is 26.7 Å². The maximum Gasteiger partial charge on any atom is 0.0775 e. The zero-order valence-corrected chi connectivity index (χ0v) is 7.81. The van der Waals surface area contributed by atoms with Crippen molar-refractivity contribution < 1.29 is 4.74 Å². The normalized spacial score (nSPS) is 40.1. The highest BCUT2D eigenvalue weighted by Gasteiger charge is 2.25. The lowest BCUT2D eigenvalue weighted by Crippen LogP contribution is -2.39. The van der Waals surface area contributed by atoms with E-state index in [4.69, 9.17) is 4.74 Å². The molecule has 1 heterocycles. The number of ether oxygens (including phenoxy) is 1. The zero-order valence-electron chi connectivity index (χ0n) is 7.81. The number of hydrogen-bond donors (Lipinski definition) is 1. The molecule has 2 heteroatoms. The Balaban J connectivity index is 2.45. The molecule has 1 rings (SSSR count). The van der Waals surface area contributed by atoms with Gasteiger partial charge in [-0.3, -0.25) is 0 Å². The molecular formula is C9H19NO. The molecule has 1 saturated heterocycles. The van der Waals surface area contributed by atoms with Crippen LogP contribution in [0.25, 0.3) is 0 Å². The first-order valence-electron chi connectivity index (χ1n) is 4.53. The summed E-state index contributed by atoms with van der Waals surface area (Å²) >= 11 is 0. The van der Waals surface area contributed by atoms with Gasteiger partial charge in [-0.2, -0.15) is 0 Å². The number of rotatable bonds is 1. The zero-order chi connectivity index (χ0) is 8.32. The van der Waals surface area contributed by atoms with Gasteiger partial charge in [0.05, 0.1) is 5.60 Å². The Morgan fingerprint density at radius 1 is 1.64 bits per heavy atom. The van der Waals surface area contributed by atoms with Crippen LogP contribution in [0.4, 0.5) is 0 Å². The molecule has 11 heavy (non-hydrogen) atoms. The molecule has 1 fully saturated rings. The second-order valence-electron chi connectivity index (χ2n) is 3.72. The Labute approximate surface area is 69.3 Å². The Hall–Kier alpha value is -0.0800. The van der Waals surface area contributed by atoms with Crippen LogP contribution in [-0.2, 0) is 4.74 Å². The molecule has 1 aliphatic heterocycles. The molecule has 0 bridgehead atoms. The predicted molar refractivity (Wildman–Crippen MR) is 46.7 cm³/mol. The van der Waals surface area contributed by atoms with Crippen molar-refractivity contribution in [2.24, 2.45) is 0 Å². The summed E-state index contributed by atoms with van der Waals surface area (Å²) in [4.78, 5) is 0. The topological polar surface area (TPSA) is 21.3 Å². The molecule has 0 amide bonds. The fraction of sp³-hybridized carbons (Fsp3) is 1.00. The summed E-state index contributed by atoms with van der Waals surface area (Å²) in [7, 11) is 0. The largest absolute Gasteiger partial charge is 0.374 e. The lowest BCUT2D eigenvalue weighted by molar-refractivity contribution is -0.0213. The van der Waals surface area contributed by atoms with Crippen molar-refractivity contribution in [3.05, 3.63) is 0 Å². The van der Waals surface area contributed by atoms with Crippen molar-refractivity contribution in [2.75, 3.05) is 13.2 Å². The highest BCUT2D eigenvalue weighted by Crippen LogP contribution is 2.17. The monoisotopic (exact) mass is 157 g/mol. The minimum absolute atomic E-state index is 0.0742. The van der Waals surface area contributed by atoms with Gasteiger partial charge in [-0.1, -0.05) is 6.92 Å². The van der Waals surface area contributed by atoms with Crippen LogP contribution in [0.15, 0.2) is 0 Å². The summed E-state index contributed by atoms with van der Waals surface area (Å²) in [5.74, 6) is 0. The van der Waals surface area contributed by atoms with E-state index in [0.717, 1.165) is 26.0 Å². The molecule has 0 aromatic carbocycles. The molecule has 1 N–H and O–H groups in total. The molecule has 2 unspecified atom stereocenters. The average Bonchev–Trinajstić information content (AvgIpc) is 2.15. The van der Waals surface area contributed by atoms with E-state index >= 15 is 0 Å². The highest BCUT2D eigenvalue weighted by molar-refractivity contribution is 4.80. The van der Waals surface area contributed by atoms with Crippen molar-refractivity contribution >= 4 is 0 Å². The van der Waals surface area contributed by atoms with Gasteiger partial charge >= 0.3 is 0 Å². The predicted octanol–water partition coefficient (Wildman–Crippen LogP) is 1.55. The number of hydrogen-bond acceptors (Lipinski definition) is 2. The lowest BCUT2D eigenvalue weighted by atomic mass is 10.0. The SMILES string of the molecule is CCC1(C)CNC(C)CCO1. The quantitative estimate of drug-likeness (QED) is 0.623. The molecule has 66 valence electrons. The summed E-state index contributed by atoms with van der Waals surface area (Å²) < 4.78 is 5.75. The van der Waals surface area contributed by atoms with Gasteiger partial charge in [0, 0.05) is 19.2 Å². The first-order valence-corrected chi connectivity index (χ1v) is 4.53. The second-order valence-corrected chi connectivity index (χ2v) is 3.72. The van der Waals surface area contributed by atoms with E-state index in [2.05, 4.69) is 26.1 Å². The molecule has 0 aromatic heterocycles. The van der Waals surface area contributed by atoms with Gasteiger partial charge in [0.25, 0.3) is 0 Å². The third-order valence-corrected chi connectivity index (χ3v) is 2.57. The molecule has 0 saturated carbocycles. The van der Waals surface area contributed by atoms with Gasteiger partial charge in [0.2, 0.25) is 0 Å². The van der Waals surface area contributed by atoms with E-state index in [-0.39, 0.29) is 5.60 Å². The Kier molecular flexibility index (Phi) is 2.90. The lowest BCUT2D eigenvalue weighted by Gasteiger charge is -2.26. The molecule has 0 radical (unpaired) electrons. The maximum absolute atomic E-state index is 5.75. The van der Waals surface area contributed by atoms with Gasteiger partial charge < -0.3 is 10.1 Å². The smallest absolute Gasteiger partial charge is 0.0775 e. The molecular weight excluding hydrogens is 138 g/mol. The first kappa shape index (κ1) is 9.01. The summed E-state index contributed by atoms with van der Waals surface area (Å²) in [5, 5.41) is 3.46. The summed E-state index contributed by atoms with van der Waals surface area (Å²) in [5.41, 5.74) is 0.0742. The van der Waals surface area contributed by atoms with Crippen LogP contribution in [0.2, 0.25) is 0 Å². The van der Waals surface area contributed by atoms with Crippen molar-refractivity contribution in [1.82, 2.24) is 5.32 Å². The van der Waals surface area contributed by atoms with Gasteiger partial charge in [0.15, 0.2) is 0 Å². The minimum Gasteiger partial charge on any atom is -0.374 e. The van der Waals surface area contributed by atoms with Crippen LogP contribution in [0, 0.1) is 0 Å². The Morgan fingerprint density at radius 2 is 2.36 bits per heavy atom. The van der Waals surface area contributed by atoms with Crippen LogP contribution in [0.5, 0.6) is 0 Å². The summed E-state index contributed by atoms with van der Waals surface area (Å²) in [6.45, 7) is 8.46. The van der Waals surface area contributed by atoms with Crippen molar-refractivity contribution in [2.45, 2.75) is 45.3 Å². The van der Waals surface area contributed by atoms with E-state index < -0.39 is 0 Å². The van der Waals surface area contributed by atoms with Crippen LogP contribution in [-0.4, -0.2) is 24.8 Å². The molecule has 0 aromatic rings. The summed E-state index contributed by atoms with van der Waals surface area (Å²) in [6.07, 6.45) is 2.22. The Bertz CT molecular complexity index is 127. The van der Waals surface area contributed by atoms with Gasteiger partial charge in [-0.15, -0.1) is 0 Å². The molecule has 1 aliphatic rings. The van der Waals surface area contributed by atoms with Gasteiger partial charge in [0.1, 0.15) is 0 Å². The molecule has 2 nitrogen and oxygen atoms in total. The van der Waals surface area contributed by atoms with E-state index in [9.17, 15) is 0 Å². The third kappa shape index (κ3) is 2.46. The highest BCUT2D eigenvalue weighted by atomic mass is 16.5. The second kappa shape index (κ2) is 3.55. The minimum atomic E-state index is 0.0742. The fourth-order valence-electron chi connectivity index (χ4n) is 1.25. The van der Waals surface area contributed by atoms with Crippen LogP contribution < -0.4 is 5.32 Å². The first-order chi connectivity index (χ1) is 5.16. The number of nitrogens with one attached hydrogen (secondary N) is 1. The van der Waals surface area contributed by atoms with Crippen LogP contribution >= 0.6 is 0 Å². The maximum atomic E-state index is 5.75. The fourth-order valence-corrected chi connectivity index (χ4v) is 1.25. The van der Waals surface area contributed by atoms with E-state index in [1.54, 1.807) is 0 Å². The molecule has 2 atom stereocenters.